The van der Waals surface area contributed by atoms with Crippen molar-refractivity contribution in [1.82, 2.24) is 4.98 Å². The van der Waals surface area contributed by atoms with Crippen molar-refractivity contribution in [3.63, 3.8) is 0 Å². The van der Waals surface area contributed by atoms with Gasteiger partial charge >= 0.3 is 5.97 Å². The topological polar surface area (TPSA) is 48.4 Å². The molecule has 1 fully saturated rings. The number of carbonyl (C=O) groups excluding carboxylic acids is 1. The lowest BCUT2D eigenvalue weighted by Gasteiger charge is -2.26. The number of hydrogen-bond acceptors (Lipinski definition) is 4. The second-order valence-corrected chi connectivity index (χ2v) is 5.03. The molecule has 1 saturated carbocycles. The monoisotopic (exact) mass is 347 g/mol. The van der Waals surface area contributed by atoms with Crippen LogP contribution in [0.15, 0.2) is 12.3 Å². The fraction of sp³-hybridized carbons (Fsp3) is 0.500. The Morgan fingerprint density at radius 1 is 1.59 bits per heavy atom. The van der Waals surface area contributed by atoms with Crippen molar-refractivity contribution in [1.29, 1.82) is 0 Å². The summed E-state index contributed by atoms with van der Waals surface area (Å²) >= 11 is 2.10. The van der Waals surface area contributed by atoms with E-state index in [2.05, 4.69) is 27.6 Å². The minimum absolute atomic E-state index is 0.203. The molecule has 1 aromatic heterocycles. The maximum Gasteiger partial charge on any atom is 0.344 e. The van der Waals surface area contributed by atoms with Crippen LogP contribution in [0.3, 0.4) is 0 Å². The van der Waals surface area contributed by atoms with Crippen LogP contribution in [-0.4, -0.2) is 23.7 Å². The predicted molar refractivity (Wildman–Crippen MR) is 71.2 cm³/mol. The van der Waals surface area contributed by atoms with Gasteiger partial charge in [-0.2, -0.15) is 0 Å². The maximum atomic E-state index is 11.8. The third-order valence-electron chi connectivity index (χ3n) is 2.68. The number of halogens is 1. The molecule has 92 valence electrons. The fourth-order valence-corrected chi connectivity index (χ4v) is 2.16. The first-order chi connectivity index (χ1) is 8.22. The first-order valence-electron chi connectivity index (χ1n) is 5.70. The second-order valence-electron chi connectivity index (χ2n) is 3.86. The Balaban J connectivity index is 2.23. The minimum atomic E-state index is -0.362. The van der Waals surface area contributed by atoms with E-state index in [1.165, 1.54) is 6.42 Å². The van der Waals surface area contributed by atoms with Gasteiger partial charge in [-0.3, -0.25) is 0 Å². The summed E-state index contributed by atoms with van der Waals surface area (Å²) in [6.45, 7) is 2.14. The number of carbonyl (C=O) groups is 1. The highest BCUT2D eigenvalue weighted by Crippen LogP contribution is 2.28. The first-order valence-corrected chi connectivity index (χ1v) is 6.78. The molecule has 1 aliphatic carbocycles. The summed E-state index contributed by atoms with van der Waals surface area (Å²) in [6, 6.07) is 1.78. The van der Waals surface area contributed by atoms with Gasteiger partial charge in [-0.15, -0.1) is 0 Å². The molecule has 17 heavy (non-hydrogen) atoms. The van der Waals surface area contributed by atoms with Gasteiger partial charge in [-0.05, 0) is 54.8 Å². The smallest absolute Gasteiger partial charge is 0.344 e. The van der Waals surface area contributed by atoms with Crippen molar-refractivity contribution >= 4 is 28.6 Å². The van der Waals surface area contributed by atoms with Crippen LogP contribution in [-0.2, 0) is 4.74 Å². The van der Waals surface area contributed by atoms with Crippen LogP contribution in [0.25, 0.3) is 0 Å². The molecule has 0 amide bonds. The first kappa shape index (κ1) is 12.6. The van der Waals surface area contributed by atoms with Crippen LogP contribution in [0.2, 0.25) is 0 Å². The summed E-state index contributed by atoms with van der Waals surface area (Å²) < 4.78 is 11.5. The van der Waals surface area contributed by atoms with Crippen LogP contribution >= 0.6 is 22.6 Å². The molecule has 0 atom stereocenters. The van der Waals surface area contributed by atoms with E-state index in [1.807, 2.05) is 0 Å². The van der Waals surface area contributed by atoms with Crippen molar-refractivity contribution in [2.45, 2.75) is 32.3 Å². The van der Waals surface area contributed by atoms with Crippen molar-refractivity contribution in [3.05, 3.63) is 21.4 Å². The van der Waals surface area contributed by atoms with Crippen LogP contribution in [0.1, 0.15) is 36.5 Å². The Labute approximate surface area is 114 Å². The fourth-order valence-electron chi connectivity index (χ4n) is 1.54. The van der Waals surface area contributed by atoms with Gasteiger partial charge < -0.3 is 9.47 Å². The number of esters is 1. The van der Waals surface area contributed by atoms with E-state index in [0.717, 1.165) is 16.4 Å². The van der Waals surface area contributed by atoms with E-state index in [1.54, 1.807) is 19.2 Å². The van der Waals surface area contributed by atoms with E-state index in [4.69, 9.17) is 9.47 Å². The van der Waals surface area contributed by atoms with Crippen molar-refractivity contribution in [2.75, 3.05) is 6.61 Å². The normalized spacial score (nSPS) is 15.2. The van der Waals surface area contributed by atoms with Crippen molar-refractivity contribution in [2.24, 2.45) is 0 Å². The van der Waals surface area contributed by atoms with Crippen LogP contribution in [0.4, 0.5) is 0 Å². The highest BCUT2D eigenvalue weighted by Gasteiger charge is 2.25. The molecule has 0 N–H and O–H groups in total. The molecule has 1 aromatic rings. The standard InChI is InChI=1S/C12H14INO3/c1-2-16-12(15)10-9(13)6-7-14-11(10)17-8-4-3-5-8/h6-8H,2-5H2,1H3. The summed E-state index contributed by atoms with van der Waals surface area (Å²) in [5.41, 5.74) is 0.446. The number of rotatable bonds is 4. The van der Waals surface area contributed by atoms with E-state index in [9.17, 15) is 4.79 Å². The number of aromatic nitrogens is 1. The lowest BCUT2D eigenvalue weighted by molar-refractivity contribution is 0.0507. The van der Waals surface area contributed by atoms with Gasteiger partial charge in [0.05, 0.1) is 6.61 Å². The number of nitrogens with zero attached hydrogens (tertiary/aromatic N) is 1. The minimum Gasteiger partial charge on any atom is -0.474 e. The zero-order valence-corrected chi connectivity index (χ0v) is 11.8. The molecule has 2 rings (SSSR count). The maximum absolute atomic E-state index is 11.8. The Morgan fingerprint density at radius 2 is 2.35 bits per heavy atom. The lowest BCUT2D eigenvalue weighted by atomic mass is 9.96. The zero-order chi connectivity index (χ0) is 12.3. The highest BCUT2D eigenvalue weighted by atomic mass is 127. The largest absolute Gasteiger partial charge is 0.474 e. The van der Waals surface area contributed by atoms with Gasteiger partial charge in [0.15, 0.2) is 0 Å². The third-order valence-corrected chi connectivity index (χ3v) is 3.57. The number of hydrogen-bond donors (Lipinski definition) is 0. The number of ether oxygens (including phenoxy) is 2. The van der Waals surface area contributed by atoms with Gasteiger partial charge in [-0.1, -0.05) is 0 Å². The SMILES string of the molecule is CCOC(=O)c1c(I)ccnc1OC1CCC1. The molecule has 4 nitrogen and oxygen atoms in total. The average Bonchev–Trinajstić information content (AvgIpc) is 2.23. The molecule has 0 saturated heterocycles. The van der Waals surface area contributed by atoms with Gasteiger partial charge in [0, 0.05) is 9.77 Å². The molecule has 0 aromatic carbocycles. The summed E-state index contributed by atoms with van der Waals surface area (Å²) in [5.74, 6) is 0.0411. The third kappa shape index (κ3) is 2.88. The second kappa shape index (κ2) is 5.66. The van der Waals surface area contributed by atoms with E-state index in [0.29, 0.717) is 18.1 Å². The number of pyridine rings is 1. The molecule has 1 aliphatic rings. The van der Waals surface area contributed by atoms with Gasteiger partial charge in [0.25, 0.3) is 0 Å². The predicted octanol–water partition coefficient (Wildman–Crippen LogP) is 2.79. The van der Waals surface area contributed by atoms with E-state index in [-0.39, 0.29) is 12.1 Å². The Kier molecular flexibility index (Phi) is 4.20. The summed E-state index contributed by atoms with van der Waals surface area (Å²) in [5, 5.41) is 0. The quantitative estimate of drug-likeness (QED) is 0.621. The molecule has 0 radical (unpaired) electrons. The highest BCUT2D eigenvalue weighted by molar-refractivity contribution is 14.1. The van der Waals surface area contributed by atoms with Gasteiger partial charge in [0.1, 0.15) is 11.7 Å². The Morgan fingerprint density at radius 3 is 2.94 bits per heavy atom. The average molecular weight is 347 g/mol. The summed E-state index contributed by atoms with van der Waals surface area (Å²) in [6.07, 6.45) is 5.11. The van der Waals surface area contributed by atoms with Crippen LogP contribution in [0.5, 0.6) is 5.88 Å². The molecular formula is C12H14INO3. The zero-order valence-electron chi connectivity index (χ0n) is 9.61. The molecule has 5 heteroatoms. The molecule has 0 bridgehead atoms. The van der Waals surface area contributed by atoms with Gasteiger partial charge in [0.2, 0.25) is 5.88 Å². The molecule has 0 unspecified atom stereocenters. The molecule has 0 aliphatic heterocycles. The van der Waals surface area contributed by atoms with Crippen molar-refractivity contribution < 1.29 is 14.3 Å². The van der Waals surface area contributed by atoms with E-state index >= 15 is 0 Å². The van der Waals surface area contributed by atoms with Crippen molar-refractivity contribution in [3.8, 4) is 5.88 Å². The van der Waals surface area contributed by atoms with Gasteiger partial charge in [-0.25, -0.2) is 9.78 Å². The van der Waals surface area contributed by atoms with Crippen LogP contribution in [0, 0.1) is 3.57 Å². The lowest BCUT2D eigenvalue weighted by Crippen LogP contribution is -2.26. The van der Waals surface area contributed by atoms with Crippen LogP contribution < -0.4 is 4.74 Å². The molecule has 1 heterocycles. The summed E-state index contributed by atoms with van der Waals surface area (Å²) in [4.78, 5) is 16.0. The summed E-state index contributed by atoms with van der Waals surface area (Å²) in [7, 11) is 0. The van der Waals surface area contributed by atoms with E-state index < -0.39 is 0 Å². The molecular weight excluding hydrogens is 333 g/mol. The molecule has 0 spiro atoms. The Bertz CT molecular complexity index is 418. The Hall–Kier alpha value is -0.850.